The topological polar surface area (TPSA) is 3.24 Å². The zero-order valence-corrected chi connectivity index (χ0v) is 28.0. The molecule has 0 heterocycles. The first-order valence-corrected chi connectivity index (χ1v) is 17.3. The fourth-order valence-electron chi connectivity index (χ4n) is 9.04. The van der Waals surface area contributed by atoms with Crippen LogP contribution in [-0.2, 0) is 5.41 Å². The summed E-state index contributed by atoms with van der Waals surface area (Å²) >= 11 is 0. The van der Waals surface area contributed by atoms with Crippen LogP contribution in [0.15, 0.2) is 158 Å². The molecule has 0 radical (unpaired) electrons. The summed E-state index contributed by atoms with van der Waals surface area (Å²) in [6.45, 7) is 6.65. The first kappa shape index (κ1) is 28.1. The van der Waals surface area contributed by atoms with Crippen LogP contribution in [0.1, 0.15) is 38.9 Å². The lowest BCUT2D eigenvalue weighted by Crippen LogP contribution is -2.26. The Kier molecular flexibility index (Phi) is 5.91. The first-order valence-electron chi connectivity index (χ1n) is 17.3. The standard InChI is InChI=1S/C48H35N/c1-30-27-37(28-31(2)32(30)3)49(35-14-5-4-6-15-35)36-23-25-39-34(29-36)21-24-42-46-38-16-8-7-13-33(38)22-26-45(46)48(47(39)42)43-19-11-9-17-40(43)41-18-10-12-20-44(41)48/h4-29H,1-3H3. The van der Waals surface area contributed by atoms with Gasteiger partial charge in [-0.2, -0.15) is 0 Å². The van der Waals surface area contributed by atoms with Crippen LogP contribution in [0, 0.1) is 20.8 Å². The minimum Gasteiger partial charge on any atom is -0.310 e. The average molecular weight is 626 g/mol. The monoisotopic (exact) mass is 625 g/mol. The molecule has 1 spiro atoms. The number of rotatable bonds is 3. The minimum absolute atomic E-state index is 0.410. The maximum atomic E-state index is 2.41. The average Bonchev–Trinajstić information content (AvgIpc) is 3.62. The zero-order valence-electron chi connectivity index (χ0n) is 28.0. The smallest absolute Gasteiger partial charge is 0.0731 e. The van der Waals surface area contributed by atoms with Gasteiger partial charge >= 0.3 is 0 Å². The molecule has 0 aliphatic heterocycles. The van der Waals surface area contributed by atoms with Gasteiger partial charge in [0.1, 0.15) is 0 Å². The Morgan fingerprint density at radius 2 is 1.04 bits per heavy atom. The van der Waals surface area contributed by atoms with Crippen molar-refractivity contribution in [2.75, 3.05) is 4.90 Å². The normalized spacial score (nSPS) is 13.4. The van der Waals surface area contributed by atoms with E-state index in [0.717, 1.165) is 11.4 Å². The van der Waals surface area contributed by atoms with Crippen molar-refractivity contribution in [3.05, 3.63) is 197 Å². The Hall–Kier alpha value is -5.92. The number of nitrogens with zero attached hydrogens (tertiary/aromatic N) is 1. The Balaban J connectivity index is 1.29. The Labute approximate surface area is 287 Å². The lowest BCUT2D eigenvalue weighted by atomic mass is 9.69. The summed E-state index contributed by atoms with van der Waals surface area (Å²) in [4.78, 5) is 2.41. The van der Waals surface area contributed by atoms with E-state index in [4.69, 9.17) is 0 Å². The third-order valence-corrected chi connectivity index (χ3v) is 11.4. The third-order valence-electron chi connectivity index (χ3n) is 11.4. The van der Waals surface area contributed by atoms with Crippen LogP contribution in [0.5, 0.6) is 0 Å². The lowest BCUT2D eigenvalue weighted by molar-refractivity contribution is 0.802. The second-order valence-electron chi connectivity index (χ2n) is 13.8. The maximum Gasteiger partial charge on any atom is 0.0731 e. The minimum atomic E-state index is -0.410. The summed E-state index contributed by atoms with van der Waals surface area (Å²) in [5.74, 6) is 0. The predicted octanol–water partition coefficient (Wildman–Crippen LogP) is 12.7. The van der Waals surface area contributed by atoms with Crippen molar-refractivity contribution in [3.8, 4) is 22.3 Å². The Morgan fingerprint density at radius 1 is 0.408 bits per heavy atom. The van der Waals surface area contributed by atoms with E-state index in [9.17, 15) is 0 Å². The SMILES string of the molecule is Cc1cc(N(c2ccccc2)c2ccc3c4c(ccc3c2)-c2c(ccc3ccccc23)C42c3ccccc3-c3ccccc32)cc(C)c1C. The number of para-hydroxylation sites is 1. The fourth-order valence-corrected chi connectivity index (χ4v) is 9.04. The molecule has 0 aromatic heterocycles. The van der Waals surface area contributed by atoms with Gasteiger partial charge in [0.05, 0.1) is 5.41 Å². The fraction of sp³-hybridized carbons (Fsp3) is 0.0833. The summed E-state index contributed by atoms with van der Waals surface area (Å²) in [5, 5.41) is 5.14. The quantitative estimate of drug-likeness (QED) is 0.189. The molecule has 0 amide bonds. The van der Waals surface area contributed by atoms with E-state index in [1.165, 1.54) is 88.4 Å². The van der Waals surface area contributed by atoms with Gasteiger partial charge in [0.2, 0.25) is 0 Å². The highest BCUT2D eigenvalue weighted by Gasteiger charge is 2.52. The van der Waals surface area contributed by atoms with E-state index >= 15 is 0 Å². The van der Waals surface area contributed by atoms with Gasteiger partial charge in [-0.05, 0) is 140 Å². The van der Waals surface area contributed by atoms with Crippen molar-refractivity contribution in [3.63, 3.8) is 0 Å². The van der Waals surface area contributed by atoms with Crippen molar-refractivity contribution in [2.45, 2.75) is 26.2 Å². The highest BCUT2D eigenvalue weighted by molar-refractivity contribution is 6.11. The van der Waals surface area contributed by atoms with Crippen LogP contribution in [0.3, 0.4) is 0 Å². The second kappa shape index (κ2) is 10.3. The summed E-state index contributed by atoms with van der Waals surface area (Å²) in [5.41, 5.74) is 17.9. The largest absolute Gasteiger partial charge is 0.310 e. The maximum absolute atomic E-state index is 2.41. The number of hydrogen-bond donors (Lipinski definition) is 0. The zero-order chi connectivity index (χ0) is 32.9. The summed E-state index contributed by atoms with van der Waals surface area (Å²) < 4.78 is 0. The van der Waals surface area contributed by atoms with E-state index in [0.29, 0.717) is 0 Å². The molecular formula is C48H35N. The number of benzene rings is 8. The molecule has 1 heteroatoms. The lowest BCUT2D eigenvalue weighted by Gasteiger charge is -2.32. The molecule has 232 valence electrons. The number of hydrogen-bond acceptors (Lipinski definition) is 1. The molecular weight excluding hydrogens is 591 g/mol. The van der Waals surface area contributed by atoms with Crippen molar-refractivity contribution in [1.82, 2.24) is 0 Å². The van der Waals surface area contributed by atoms with Crippen molar-refractivity contribution in [1.29, 1.82) is 0 Å². The van der Waals surface area contributed by atoms with Crippen LogP contribution in [0.2, 0.25) is 0 Å². The number of anilines is 3. The number of aryl methyl sites for hydroxylation is 2. The van der Waals surface area contributed by atoms with Crippen LogP contribution in [-0.4, -0.2) is 0 Å². The van der Waals surface area contributed by atoms with Gasteiger partial charge in [-0.3, -0.25) is 0 Å². The Morgan fingerprint density at radius 3 is 1.78 bits per heavy atom. The van der Waals surface area contributed by atoms with Gasteiger partial charge in [-0.25, -0.2) is 0 Å². The Bertz CT molecular complexity index is 2580. The molecule has 0 fully saturated rings. The van der Waals surface area contributed by atoms with E-state index in [1.54, 1.807) is 0 Å². The third kappa shape index (κ3) is 3.76. The van der Waals surface area contributed by atoms with Gasteiger partial charge in [-0.1, -0.05) is 121 Å². The van der Waals surface area contributed by atoms with Crippen molar-refractivity contribution < 1.29 is 0 Å². The van der Waals surface area contributed by atoms with Crippen LogP contribution in [0.4, 0.5) is 17.1 Å². The van der Waals surface area contributed by atoms with Crippen LogP contribution in [0.25, 0.3) is 43.8 Å². The second-order valence-corrected chi connectivity index (χ2v) is 13.8. The van der Waals surface area contributed by atoms with Gasteiger partial charge in [0.25, 0.3) is 0 Å². The highest BCUT2D eigenvalue weighted by Crippen LogP contribution is 2.65. The van der Waals surface area contributed by atoms with Gasteiger partial charge in [0.15, 0.2) is 0 Å². The number of fused-ring (bicyclic) bond motifs is 14. The molecule has 2 aliphatic rings. The molecule has 2 aliphatic carbocycles. The molecule has 1 nitrogen and oxygen atoms in total. The van der Waals surface area contributed by atoms with Gasteiger partial charge in [0, 0.05) is 17.1 Å². The molecule has 0 saturated carbocycles. The molecule has 8 aromatic rings. The van der Waals surface area contributed by atoms with E-state index in [-0.39, 0.29) is 0 Å². The summed E-state index contributed by atoms with van der Waals surface area (Å²) in [6, 6.07) is 59.1. The summed E-state index contributed by atoms with van der Waals surface area (Å²) in [7, 11) is 0. The molecule has 10 rings (SSSR count). The van der Waals surface area contributed by atoms with E-state index in [2.05, 4.69) is 183 Å². The predicted molar refractivity (Wildman–Crippen MR) is 207 cm³/mol. The van der Waals surface area contributed by atoms with Crippen LogP contribution < -0.4 is 4.90 Å². The molecule has 0 bridgehead atoms. The molecule has 8 aromatic carbocycles. The molecule has 0 unspecified atom stereocenters. The van der Waals surface area contributed by atoms with Crippen molar-refractivity contribution >= 4 is 38.6 Å². The van der Waals surface area contributed by atoms with Crippen molar-refractivity contribution in [2.24, 2.45) is 0 Å². The molecule has 0 atom stereocenters. The molecule has 49 heavy (non-hydrogen) atoms. The molecule has 0 N–H and O–H groups in total. The molecule has 0 saturated heterocycles. The first-order chi connectivity index (χ1) is 24.1. The summed E-state index contributed by atoms with van der Waals surface area (Å²) in [6.07, 6.45) is 0. The van der Waals surface area contributed by atoms with Gasteiger partial charge < -0.3 is 4.90 Å². The highest BCUT2D eigenvalue weighted by atomic mass is 15.1. The van der Waals surface area contributed by atoms with E-state index < -0.39 is 5.41 Å². The van der Waals surface area contributed by atoms with E-state index in [1.807, 2.05) is 0 Å². The van der Waals surface area contributed by atoms with Gasteiger partial charge in [-0.15, -0.1) is 0 Å². The van der Waals surface area contributed by atoms with Crippen LogP contribution >= 0.6 is 0 Å².